The standard InChI is InChI=1S/C21H21F3N4O2/c22-18(23)10-28-7-5-17-15(9-28)21(11-29-20(25)27-21)14-8-12(3-4-16(14)30-17)13-2-1-6-26-19(13)24/h1-4,6,8,15,17-18H,5,7,9-11H2,(H2,25,27)/t15-,17?,21?/m0/s1. The number of fused-ring (bicyclic) bond motifs is 4. The van der Waals surface area contributed by atoms with Gasteiger partial charge in [0.1, 0.15) is 24.0 Å². The maximum Gasteiger partial charge on any atom is 0.283 e. The molecule has 1 aromatic carbocycles. The third-order valence-corrected chi connectivity index (χ3v) is 6.19. The summed E-state index contributed by atoms with van der Waals surface area (Å²) in [6.07, 6.45) is -0.608. The van der Waals surface area contributed by atoms with Crippen molar-refractivity contribution in [1.82, 2.24) is 9.88 Å². The molecule has 1 fully saturated rings. The number of alkyl halides is 2. The van der Waals surface area contributed by atoms with Crippen molar-refractivity contribution in [1.29, 1.82) is 0 Å². The Morgan fingerprint density at radius 3 is 2.90 bits per heavy atom. The summed E-state index contributed by atoms with van der Waals surface area (Å²) >= 11 is 0. The highest BCUT2D eigenvalue weighted by Gasteiger charge is 2.55. The second kappa shape index (κ2) is 7.16. The van der Waals surface area contributed by atoms with E-state index in [-0.39, 0.29) is 31.2 Å². The molecule has 9 heteroatoms. The van der Waals surface area contributed by atoms with Gasteiger partial charge in [0, 0.05) is 36.3 Å². The molecule has 0 radical (unpaired) electrons. The highest BCUT2D eigenvalue weighted by atomic mass is 19.3. The lowest BCUT2D eigenvalue weighted by Crippen LogP contribution is -2.57. The second-order valence-electron chi connectivity index (χ2n) is 7.92. The Kier molecular flexibility index (Phi) is 4.57. The summed E-state index contributed by atoms with van der Waals surface area (Å²) in [6, 6.07) is 8.77. The van der Waals surface area contributed by atoms with Gasteiger partial charge in [-0.2, -0.15) is 4.39 Å². The summed E-state index contributed by atoms with van der Waals surface area (Å²) in [6.45, 7) is 0.807. The number of aromatic nitrogens is 1. The zero-order chi connectivity index (χ0) is 20.9. The smallest absolute Gasteiger partial charge is 0.283 e. The maximum atomic E-state index is 14.3. The number of hydrogen-bond acceptors (Lipinski definition) is 6. The molecule has 4 heterocycles. The third-order valence-electron chi connectivity index (χ3n) is 6.19. The Morgan fingerprint density at radius 1 is 1.30 bits per heavy atom. The fraction of sp³-hybridized carbons (Fsp3) is 0.429. The minimum Gasteiger partial charge on any atom is -0.490 e. The van der Waals surface area contributed by atoms with Gasteiger partial charge in [-0.25, -0.2) is 18.8 Å². The first kappa shape index (κ1) is 19.2. The van der Waals surface area contributed by atoms with Gasteiger partial charge in [0.25, 0.3) is 12.4 Å². The number of likely N-dealkylation sites (tertiary alicyclic amines) is 1. The van der Waals surface area contributed by atoms with Gasteiger partial charge >= 0.3 is 0 Å². The van der Waals surface area contributed by atoms with E-state index in [0.29, 0.717) is 36.4 Å². The molecule has 2 N–H and O–H groups in total. The summed E-state index contributed by atoms with van der Waals surface area (Å²) in [4.78, 5) is 10.1. The van der Waals surface area contributed by atoms with E-state index in [1.165, 1.54) is 6.20 Å². The van der Waals surface area contributed by atoms with Crippen molar-refractivity contribution in [3.05, 3.63) is 48.0 Å². The lowest BCUT2D eigenvalue weighted by Gasteiger charge is -2.48. The number of benzene rings is 1. The molecule has 1 saturated heterocycles. The Bertz CT molecular complexity index is 1000. The summed E-state index contributed by atoms with van der Waals surface area (Å²) in [5.74, 6) is -0.159. The Morgan fingerprint density at radius 2 is 2.17 bits per heavy atom. The molecule has 5 rings (SSSR count). The summed E-state index contributed by atoms with van der Waals surface area (Å²) < 4.78 is 52.1. The highest BCUT2D eigenvalue weighted by molar-refractivity contribution is 5.75. The van der Waals surface area contributed by atoms with E-state index in [0.717, 1.165) is 5.56 Å². The topological polar surface area (TPSA) is 73.0 Å². The monoisotopic (exact) mass is 418 g/mol. The molecule has 1 spiro atoms. The second-order valence-corrected chi connectivity index (χ2v) is 7.92. The number of ether oxygens (including phenoxy) is 2. The number of rotatable bonds is 3. The van der Waals surface area contributed by atoms with Crippen LogP contribution in [0.15, 0.2) is 41.5 Å². The quantitative estimate of drug-likeness (QED) is 0.776. The van der Waals surface area contributed by atoms with E-state index in [4.69, 9.17) is 15.2 Å². The summed E-state index contributed by atoms with van der Waals surface area (Å²) in [7, 11) is 0. The van der Waals surface area contributed by atoms with Crippen LogP contribution < -0.4 is 10.5 Å². The van der Waals surface area contributed by atoms with Crippen LogP contribution in [0.1, 0.15) is 12.0 Å². The van der Waals surface area contributed by atoms with Gasteiger partial charge in [0.15, 0.2) is 0 Å². The fourth-order valence-electron chi connectivity index (χ4n) is 4.83. The largest absolute Gasteiger partial charge is 0.490 e. The van der Waals surface area contributed by atoms with Crippen molar-refractivity contribution in [2.45, 2.75) is 24.5 Å². The van der Waals surface area contributed by atoms with Crippen molar-refractivity contribution >= 4 is 6.02 Å². The molecule has 2 aromatic rings. The van der Waals surface area contributed by atoms with Gasteiger partial charge in [-0.1, -0.05) is 6.07 Å². The summed E-state index contributed by atoms with van der Waals surface area (Å²) in [5, 5.41) is 0. The molecular formula is C21H21F3N4O2. The van der Waals surface area contributed by atoms with Crippen molar-refractivity contribution < 1.29 is 22.6 Å². The van der Waals surface area contributed by atoms with Crippen LogP contribution >= 0.6 is 0 Å². The maximum absolute atomic E-state index is 14.3. The van der Waals surface area contributed by atoms with Gasteiger partial charge in [-0.3, -0.25) is 4.90 Å². The normalized spacial score (nSPS) is 27.9. The number of aliphatic imine (C=N–C) groups is 1. The molecule has 0 saturated carbocycles. The highest BCUT2D eigenvalue weighted by Crippen LogP contribution is 2.51. The molecule has 1 aromatic heterocycles. The molecule has 3 aliphatic rings. The number of nitrogens with two attached hydrogens (primary N) is 1. The Balaban J connectivity index is 1.60. The predicted octanol–water partition coefficient (Wildman–Crippen LogP) is 2.78. The number of amidine groups is 1. The van der Waals surface area contributed by atoms with E-state index in [2.05, 4.69) is 9.98 Å². The van der Waals surface area contributed by atoms with Crippen LogP contribution in [0.25, 0.3) is 11.1 Å². The lowest BCUT2D eigenvalue weighted by molar-refractivity contribution is -0.0371. The van der Waals surface area contributed by atoms with E-state index in [1.807, 2.05) is 6.07 Å². The van der Waals surface area contributed by atoms with Crippen molar-refractivity contribution in [2.75, 3.05) is 26.2 Å². The molecule has 2 unspecified atom stereocenters. The van der Waals surface area contributed by atoms with Crippen LogP contribution in [0.3, 0.4) is 0 Å². The van der Waals surface area contributed by atoms with Crippen molar-refractivity contribution in [3.8, 4) is 16.9 Å². The minimum atomic E-state index is -2.41. The number of halogens is 3. The molecule has 3 aliphatic heterocycles. The molecule has 30 heavy (non-hydrogen) atoms. The van der Waals surface area contributed by atoms with E-state index in [1.54, 1.807) is 29.2 Å². The number of piperidine rings is 1. The van der Waals surface area contributed by atoms with Gasteiger partial charge in [0.05, 0.1) is 6.54 Å². The number of pyridine rings is 1. The first-order valence-electron chi connectivity index (χ1n) is 9.87. The number of nitrogens with zero attached hydrogens (tertiary/aromatic N) is 3. The van der Waals surface area contributed by atoms with Crippen LogP contribution in [0.4, 0.5) is 13.2 Å². The Labute approximate surface area is 171 Å². The first-order chi connectivity index (χ1) is 14.5. The van der Waals surface area contributed by atoms with E-state index >= 15 is 0 Å². The molecule has 0 bridgehead atoms. The average molecular weight is 418 g/mol. The van der Waals surface area contributed by atoms with Crippen LogP contribution in [-0.4, -0.2) is 54.7 Å². The minimum absolute atomic E-state index is 0.0607. The van der Waals surface area contributed by atoms with Crippen LogP contribution in [0, 0.1) is 11.9 Å². The third kappa shape index (κ3) is 3.08. The lowest BCUT2D eigenvalue weighted by atomic mass is 9.71. The molecule has 3 atom stereocenters. The van der Waals surface area contributed by atoms with E-state index < -0.39 is 17.9 Å². The average Bonchev–Trinajstić information content (AvgIpc) is 3.11. The van der Waals surface area contributed by atoms with Crippen molar-refractivity contribution in [3.63, 3.8) is 0 Å². The fourth-order valence-corrected chi connectivity index (χ4v) is 4.83. The zero-order valence-electron chi connectivity index (χ0n) is 16.1. The van der Waals surface area contributed by atoms with Gasteiger partial charge in [-0.05, 0) is 36.2 Å². The zero-order valence-corrected chi connectivity index (χ0v) is 16.1. The van der Waals surface area contributed by atoms with Gasteiger partial charge in [-0.15, -0.1) is 0 Å². The van der Waals surface area contributed by atoms with Crippen LogP contribution in [-0.2, 0) is 10.3 Å². The SMILES string of the molecule is NC1=NC2(CO1)c1cc(-c3cccnc3F)ccc1OC1CCN(CC(F)F)C[C@@H]12. The molecule has 0 aliphatic carbocycles. The van der Waals surface area contributed by atoms with E-state index in [9.17, 15) is 13.2 Å². The molecule has 0 amide bonds. The van der Waals surface area contributed by atoms with Gasteiger partial charge < -0.3 is 15.2 Å². The van der Waals surface area contributed by atoms with Gasteiger partial charge in [0.2, 0.25) is 5.95 Å². The predicted molar refractivity (Wildman–Crippen MR) is 104 cm³/mol. The molecular weight excluding hydrogens is 397 g/mol. The Hall–Kier alpha value is -2.81. The van der Waals surface area contributed by atoms with Crippen LogP contribution in [0.5, 0.6) is 5.75 Å². The summed E-state index contributed by atoms with van der Waals surface area (Å²) in [5.41, 5.74) is 6.74. The first-order valence-corrected chi connectivity index (χ1v) is 9.87. The molecule has 158 valence electrons. The molecule has 6 nitrogen and oxygen atoms in total. The number of hydrogen-bond donors (Lipinski definition) is 1. The van der Waals surface area contributed by atoms with Crippen molar-refractivity contribution in [2.24, 2.45) is 16.6 Å². The van der Waals surface area contributed by atoms with Crippen LogP contribution in [0.2, 0.25) is 0 Å².